The van der Waals surface area contributed by atoms with Gasteiger partial charge in [0, 0.05) is 23.4 Å². The molecule has 3 aliphatic rings. The highest BCUT2D eigenvalue weighted by atomic mass is 35.5. The lowest BCUT2D eigenvalue weighted by Crippen LogP contribution is -2.51. The van der Waals surface area contributed by atoms with E-state index in [1.54, 1.807) is 6.20 Å². The third kappa shape index (κ3) is 3.17. The van der Waals surface area contributed by atoms with Crippen molar-refractivity contribution in [2.45, 2.75) is 38.6 Å². The number of aromatic amines is 1. The number of anilines is 1. The highest BCUT2D eigenvalue weighted by Gasteiger charge is 2.47. The first-order valence-electron chi connectivity index (χ1n) is 10.5. The number of carboxylic acids is 1. The van der Waals surface area contributed by atoms with Gasteiger partial charge in [-0.05, 0) is 44.4 Å². The van der Waals surface area contributed by atoms with Crippen LogP contribution in [-0.2, 0) is 4.79 Å². The van der Waals surface area contributed by atoms with Crippen molar-refractivity contribution < 1.29 is 14.3 Å². The number of halogens is 2. The topological polar surface area (TPSA) is 128 Å². The zero-order chi connectivity index (χ0) is 22.6. The highest BCUT2D eigenvalue weighted by molar-refractivity contribution is 6.29. The Bertz CT molecular complexity index is 1280. The van der Waals surface area contributed by atoms with Gasteiger partial charge in [0.15, 0.2) is 17.3 Å². The summed E-state index contributed by atoms with van der Waals surface area (Å²) in [4.78, 5) is 27.9. The van der Waals surface area contributed by atoms with Gasteiger partial charge in [-0.15, -0.1) is 0 Å². The van der Waals surface area contributed by atoms with Crippen molar-refractivity contribution in [3.8, 4) is 17.3 Å². The van der Waals surface area contributed by atoms with E-state index in [0.717, 1.165) is 25.7 Å². The summed E-state index contributed by atoms with van der Waals surface area (Å²) in [7, 11) is 0. The Hall–Kier alpha value is -3.25. The summed E-state index contributed by atoms with van der Waals surface area (Å²) in [6.07, 6.45) is 6.58. The van der Waals surface area contributed by atoms with Crippen LogP contribution in [0.25, 0.3) is 22.4 Å². The van der Waals surface area contributed by atoms with Crippen LogP contribution in [0.1, 0.15) is 36.8 Å². The Morgan fingerprint density at radius 1 is 1.31 bits per heavy atom. The van der Waals surface area contributed by atoms with Gasteiger partial charge in [0.25, 0.3) is 0 Å². The standard InChI is InChI=1S/C22H20ClFN6O2/c1-9-12(6-25)18(13-7-26-21-19(13)28-14(23)8-27-21)30-20(16(9)24)29-17-11-4-2-10(3-5-11)15(17)22(31)32/h7-8,10-11,15,17H,2-5H2,1H3,(H,26,27)(H,29,30)(H,31,32). The molecule has 0 saturated heterocycles. The molecule has 2 bridgehead atoms. The molecule has 32 heavy (non-hydrogen) atoms. The predicted octanol–water partition coefficient (Wildman–Crippen LogP) is 4.29. The molecule has 2 unspecified atom stereocenters. The lowest BCUT2D eigenvalue weighted by Gasteiger charge is -2.47. The maximum atomic E-state index is 15.3. The largest absolute Gasteiger partial charge is 0.481 e. The van der Waals surface area contributed by atoms with E-state index in [0.29, 0.717) is 16.7 Å². The van der Waals surface area contributed by atoms with E-state index in [1.165, 1.54) is 13.1 Å². The fraction of sp³-hybridized carbons (Fsp3) is 0.409. The number of fused-ring (bicyclic) bond motifs is 4. The van der Waals surface area contributed by atoms with E-state index in [9.17, 15) is 15.2 Å². The normalized spacial score (nSPS) is 24.4. The molecular weight excluding hydrogens is 435 g/mol. The molecule has 0 aliphatic heterocycles. The number of pyridine rings is 1. The second kappa shape index (κ2) is 7.71. The molecule has 10 heteroatoms. The molecule has 0 radical (unpaired) electrons. The number of carboxylic acid groups (broad SMARTS) is 1. The Morgan fingerprint density at radius 3 is 2.72 bits per heavy atom. The summed E-state index contributed by atoms with van der Waals surface area (Å²) in [5.74, 6) is -1.96. The smallest absolute Gasteiger partial charge is 0.308 e. The summed E-state index contributed by atoms with van der Waals surface area (Å²) >= 11 is 6.01. The summed E-state index contributed by atoms with van der Waals surface area (Å²) in [5, 5.41) is 22.9. The third-order valence-electron chi connectivity index (χ3n) is 6.90. The first kappa shape index (κ1) is 20.6. The quantitative estimate of drug-likeness (QED) is 0.536. The highest BCUT2D eigenvalue weighted by Crippen LogP contribution is 2.46. The summed E-state index contributed by atoms with van der Waals surface area (Å²) in [5.41, 5.74) is 1.80. The molecule has 164 valence electrons. The molecule has 3 N–H and O–H groups in total. The van der Waals surface area contributed by atoms with Crippen LogP contribution in [0.5, 0.6) is 0 Å². The van der Waals surface area contributed by atoms with Crippen LogP contribution < -0.4 is 5.32 Å². The number of hydrogen-bond acceptors (Lipinski definition) is 6. The molecule has 0 amide bonds. The number of nitriles is 1. The van der Waals surface area contributed by atoms with Crippen molar-refractivity contribution in [3.63, 3.8) is 0 Å². The van der Waals surface area contributed by atoms with Crippen molar-refractivity contribution in [3.05, 3.63) is 34.5 Å². The van der Waals surface area contributed by atoms with Gasteiger partial charge in [-0.3, -0.25) is 4.79 Å². The number of carbonyl (C=O) groups is 1. The molecule has 0 aromatic carbocycles. The SMILES string of the molecule is Cc1c(F)c(NC2C3CCC(CC3)C2C(=O)O)nc(-c2c[nH]c3ncc(Cl)nc23)c1C#N. The van der Waals surface area contributed by atoms with E-state index in [1.807, 2.05) is 6.07 Å². The molecule has 6 rings (SSSR count). The zero-order valence-corrected chi connectivity index (χ0v) is 17.9. The molecule has 3 aromatic rings. The summed E-state index contributed by atoms with van der Waals surface area (Å²) in [6.45, 7) is 1.51. The lowest BCUT2D eigenvalue weighted by atomic mass is 9.61. The van der Waals surface area contributed by atoms with Crippen LogP contribution in [0.4, 0.5) is 10.2 Å². The van der Waals surface area contributed by atoms with Crippen molar-refractivity contribution in [2.24, 2.45) is 17.8 Å². The molecule has 8 nitrogen and oxygen atoms in total. The minimum atomic E-state index is -0.871. The number of nitrogens with one attached hydrogen (secondary N) is 2. The van der Waals surface area contributed by atoms with Crippen LogP contribution in [-0.4, -0.2) is 37.1 Å². The Kier molecular flexibility index (Phi) is 4.97. The van der Waals surface area contributed by atoms with Crippen LogP contribution in [0.15, 0.2) is 12.4 Å². The number of nitrogens with zero attached hydrogens (tertiary/aromatic N) is 4. The van der Waals surface area contributed by atoms with Gasteiger partial charge in [0.2, 0.25) is 0 Å². The Morgan fingerprint density at radius 2 is 2.03 bits per heavy atom. The molecular formula is C22H20ClFN6O2. The summed E-state index contributed by atoms with van der Waals surface area (Å²) < 4.78 is 15.3. The van der Waals surface area contributed by atoms with Gasteiger partial charge in [0.05, 0.1) is 23.4 Å². The summed E-state index contributed by atoms with van der Waals surface area (Å²) in [6, 6.07) is 1.62. The first-order chi connectivity index (χ1) is 15.4. The minimum absolute atomic E-state index is 0.0513. The van der Waals surface area contributed by atoms with Crippen molar-refractivity contribution in [1.29, 1.82) is 5.26 Å². The van der Waals surface area contributed by atoms with Gasteiger partial charge < -0.3 is 15.4 Å². The Balaban J connectivity index is 1.63. The Labute approximate surface area is 187 Å². The van der Waals surface area contributed by atoms with Gasteiger partial charge in [-0.25, -0.2) is 19.3 Å². The second-order valence-corrected chi connectivity index (χ2v) is 8.92. The van der Waals surface area contributed by atoms with E-state index < -0.39 is 23.7 Å². The average molecular weight is 455 g/mol. The number of aliphatic carboxylic acids is 1. The number of H-pyrrole nitrogens is 1. The predicted molar refractivity (Wildman–Crippen MR) is 116 cm³/mol. The molecule has 2 atom stereocenters. The lowest BCUT2D eigenvalue weighted by molar-refractivity contribution is -0.148. The second-order valence-electron chi connectivity index (χ2n) is 8.54. The van der Waals surface area contributed by atoms with Crippen LogP contribution in [0.2, 0.25) is 5.15 Å². The minimum Gasteiger partial charge on any atom is -0.481 e. The maximum Gasteiger partial charge on any atom is 0.308 e. The van der Waals surface area contributed by atoms with Gasteiger partial charge >= 0.3 is 5.97 Å². The third-order valence-corrected chi connectivity index (χ3v) is 7.08. The van der Waals surface area contributed by atoms with Crippen LogP contribution >= 0.6 is 11.6 Å². The van der Waals surface area contributed by atoms with Gasteiger partial charge in [0.1, 0.15) is 16.7 Å². The fourth-order valence-electron chi connectivity index (χ4n) is 5.33. The molecule has 3 saturated carbocycles. The van der Waals surface area contributed by atoms with E-state index >= 15 is 4.39 Å². The molecule has 3 heterocycles. The molecule has 3 aromatic heterocycles. The maximum absolute atomic E-state index is 15.3. The molecule has 3 aliphatic carbocycles. The average Bonchev–Trinajstić information content (AvgIpc) is 3.20. The molecule has 0 spiro atoms. The number of aromatic nitrogens is 4. The van der Waals surface area contributed by atoms with Crippen molar-refractivity contribution in [2.75, 3.05) is 5.32 Å². The van der Waals surface area contributed by atoms with Crippen LogP contribution in [0.3, 0.4) is 0 Å². The molecule has 3 fully saturated rings. The van der Waals surface area contributed by atoms with E-state index in [4.69, 9.17) is 11.6 Å². The number of hydrogen-bond donors (Lipinski definition) is 3. The first-order valence-corrected chi connectivity index (χ1v) is 10.9. The zero-order valence-electron chi connectivity index (χ0n) is 17.2. The van der Waals surface area contributed by atoms with Crippen LogP contribution in [0, 0.1) is 41.8 Å². The van der Waals surface area contributed by atoms with Crippen molar-refractivity contribution >= 4 is 34.6 Å². The van der Waals surface area contributed by atoms with E-state index in [-0.39, 0.29) is 39.6 Å². The monoisotopic (exact) mass is 454 g/mol. The van der Waals surface area contributed by atoms with Crippen molar-refractivity contribution in [1.82, 2.24) is 19.9 Å². The van der Waals surface area contributed by atoms with Gasteiger partial charge in [-0.1, -0.05) is 11.6 Å². The van der Waals surface area contributed by atoms with Gasteiger partial charge in [-0.2, -0.15) is 5.26 Å². The number of rotatable bonds is 4. The van der Waals surface area contributed by atoms with E-state index in [2.05, 4.69) is 25.3 Å². The fourth-order valence-corrected chi connectivity index (χ4v) is 5.46.